The van der Waals surface area contributed by atoms with Crippen molar-refractivity contribution in [3.8, 4) is 5.75 Å². The van der Waals surface area contributed by atoms with Crippen molar-refractivity contribution in [2.45, 2.75) is 19.6 Å². The highest BCUT2D eigenvalue weighted by molar-refractivity contribution is 6.30. The van der Waals surface area contributed by atoms with Crippen molar-refractivity contribution < 1.29 is 23.4 Å². The molecule has 0 saturated carbocycles. The second kappa shape index (κ2) is 9.88. The third-order valence-electron chi connectivity index (χ3n) is 2.43. The quantitative estimate of drug-likeness (QED) is 0.652. The molecular weight excluding hydrogens is 292 g/mol. The summed E-state index contributed by atoms with van der Waals surface area (Å²) in [6.45, 7) is -0.967. The zero-order valence-electron chi connectivity index (χ0n) is 10.9. The van der Waals surface area contributed by atoms with Crippen LogP contribution in [0, 0.1) is 0 Å². The molecule has 0 bridgehead atoms. The fourth-order valence-corrected chi connectivity index (χ4v) is 1.78. The van der Waals surface area contributed by atoms with Gasteiger partial charge in [0.2, 0.25) is 0 Å². The number of rotatable bonds is 10. The number of halogens is 3. The Morgan fingerprint density at radius 2 is 2.10 bits per heavy atom. The largest absolute Gasteiger partial charge is 0.434 e. The van der Waals surface area contributed by atoms with Crippen LogP contribution in [0.25, 0.3) is 0 Å². The summed E-state index contributed by atoms with van der Waals surface area (Å²) in [5.74, 6) is 0.119. The molecule has 4 nitrogen and oxygen atoms in total. The van der Waals surface area contributed by atoms with Gasteiger partial charge < -0.3 is 19.9 Å². The number of hydrogen-bond donors (Lipinski definition) is 2. The highest BCUT2D eigenvalue weighted by atomic mass is 35.5. The van der Waals surface area contributed by atoms with Gasteiger partial charge in [-0.25, -0.2) is 0 Å². The minimum Gasteiger partial charge on any atom is -0.434 e. The van der Waals surface area contributed by atoms with Gasteiger partial charge in [-0.3, -0.25) is 0 Å². The summed E-state index contributed by atoms with van der Waals surface area (Å²) in [5, 5.41) is 12.1. The van der Waals surface area contributed by atoms with Crippen molar-refractivity contribution in [3.05, 3.63) is 28.8 Å². The molecule has 0 fully saturated rings. The van der Waals surface area contributed by atoms with Crippen LogP contribution >= 0.6 is 11.6 Å². The fraction of sp³-hybridized carbons (Fsp3) is 0.538. The van der Waals surface area contributed by atoms with E-state index in [2.05, 4.69) is 10.1 Å². The number of benzene rings is 1. The minimum absolute atomic E-state index is 0.00424. The predicted molar refractivity (Wildman–Crippen MR) is 72.3 cm³/mol. The summed E-state index contributed by atoms with van der Waals surface area (Å²) < 4.78 is 34.0. The first-order valence-corrected chi connectivity index (χ1v) is 6.64. The summed E-state index contributed by atoms with van der Waals surface area (Å²) in [7, 11) is 0. The third kappa shape index (κ3) is 7.00. The van der Waals surface area contributed by atoms with E-state index in [1.807, 2.05) is 0 Å². The van der Waals surface area contributed by atoms with E-state index in [1.54, 1.807) is 6.07 Å². The number of alkyl halides is 2. The summed E-state index contributed by atoms with van der Waals surface area (Å²) >= 11 is 5.84. The minimum atomic E-state index is -2.86. The van der Waals surface area contributed by atoms with E-state index < -0.39 is 6.61 Å². The Morgan fingerprint density at radius 1 is 1.30 bits per heavy atom. The van der Waals surface area contributed by atoms with E-state index in [4.69, 9.17) is 21.4 Å². The second-order valence-electron chi connectivity index (χ2n) is 4.00. The molecule has 1 aromatic rings. The van der Waals surface area contributed by atoms with Crippen LogP contribution in [0.15, 0.2) is 18.2 Å². The molecule has 0 spiro atoms. The lowest BCUT2D eigenvalue weighted by Crippen LogP contribution is -2.18. The first-order valence-electron chi connectivity index (χ1n) is 6.26. The van der Waals surface area contributed by atoms with E-state index in [0.717, 1.165) is 6.42 Å². The van der Waals surface area contributed by atoms with Crippen molar-refractivity contribution in [1.29, 1.82) is 0 Å². The molecule has 0 heterocycles. The van der Waals surface area contributed by atoms with Gasteiger partial charge in [0.15, 0.2) is 0 Å². The fourth-order valence-electron chi connectivity index (χ4n) is 1.59. The topological polar surface area (TPSA) is 50.7 Å². The zero-order valence-corrected chi connectivity index (χ0v) is 11.7. The van der Waals surface area contributed by atoms with Crippen molar-refractivity contribution in [1.82, 2.24) is 5.32 Å². The molecule has 0 unspecified atom stereocenters. The van der Waals surface area contributed by atoms with Crippen molar-refractivity contribution in [2.24, 2.45) is 0 Å². The third-order valence-corrected chi connectivity index (χ3v) is 2.67. The van der Waals surface area contributed by atoms with Crippen LogP contribution in [0.1, 0.15) is 12.0 Å². The summed E-state index contributed by atoms with van der Waals surface area (Å²) in [6, 6.07) is 4.52. The highest BCUT2D eigenvalue weighted by Gasteiger charge is 2.09. The molecule has 0 amide bonds. The van der Waals surface area contributed by atoms with Gasteiger partial charge >= 0.3 is 6.61 Å². The Labute approximate surface area is 121 Å². The van der Waals surface area contributed by atoms with E-state index in [1.165, 1.54) is 12.1 Å². The Morgan fingerprint density at radius 3 is 2.80 bits per heavy atom. The predicted octanol–water partition coefficient (Wildman–Crippen LogP) is 2.43. The molecule has 1 rings (SSSR count). The first kappa shape index (κ1) is 17.1. The molecule has 7 heteroatoms. The lowest BCUT2D eigenvalue weighted by Gasteiger charge is -2.12. The van der Waals surface area contributed by atoms with Gasteiger partial charge in [-0.05, 0) is 31.2 Å². The molecule has 0 aliphatic rings. The Hall–Kier alpha value is -0.950. The molecule has 0 radical (unpaired) electrons. The van der Waals surface area contributed by atoms with E-state index >= 15 is 0 Å². The Bertz CT molecular complexity index is 394. The monoisotopic (exact) mass is 309 g/mol. The Kier molecular flexibility index (Phi) is 8.45. The maximum atomic E-state index is 12.2. The van der Waals surface area contributed by atoms with Crippen LogP contribution in [0.3, 0.4) is 0 Å². The zero-order chi connectivity index (χ0) is 14.8. The Balaban J connectivity index is 2.36. The first-order chi connectivity index (χ1) is 9.63. The molecule has 20 heavy (non-hydrogen) atoms. The lowest BCUT2D eigenvalue weighted by molar-refractivity contribution is -0.0504. The van der Waals surface area contributed by atoms with E-state index in [9.17, 15) is 8.78 Å². The molecular formula is C13H18ClF2NO3. The highest BCUT2D eigenvalue weighted by Crippen LogP contribution is 2.24. The molecule has 0 aromatic heterocycles. The standard InChI is InChI=1S/C13H18ClF2NO3/c14-11-2-3-12(20-13(15)16)10(8-11)9-17-4-1-6-19-7-5-18/h2-3,8,13,17-18H,1,4-7,9H2. The summed E-state index contributed by atoms with van der Waals surface area (Å²) in [6.07, 6.45) is 0.756. The molecule has 0 aliphatic carbocycles. The smallest absolute Gasteiger partial charge is 0.387 e. The molecule has 1 aromatic carbocycles. The maximum Gasteiger partial charge on any atom is 0.387 e. The summed E-state index contributed by atoms with van der Waals surface area (Å²) in [5.41, 5.74) is 0.578. The number of aliphatic hydroxyl groups excluding tert-OH is 1. The van der Waals surface area contributed by atoms with Crippen LogP contribution in [-0.4, -0.2) is 38.1 Å². The second-order valence-corrected chi connectivity index (χ2v) is 4.43. The molecule has 2 N–H and O–H groups in total. The molecule has 0 atom stereocenters. The summed E-state index contributed by atoms with van der Waals surface area (Å²) in [4.78, 5) is 0. The van der Waals surface area contributed by atoms with Gasteiger partial charge in [0.1, 0.15) is 5.75 Å². The number of nitrogens with one attached hydrogen (secondary N) is 1. The number of aliphatic hydroxyl groups is 1. The van der Waals surface area contributed by atoms with Crippen molar-refractivity contribution in [3.63, 3.8) is 0 Å². The SMILES string of the molecule is OCCOCCCNCc1cc(Cl)ccc1OC(F)F. The van der Waals surface area contributed by atoms with Gasteiger partial charge in [0.05, 0.1) is 13.2 Å². The lowest BCUT2D eigenvalue weighted by atomic mass is 10.2. The number of ether oxygens (including phenoxy) is 2. The average molecular weight is 310 g/mol. The van der Waals surface area contributed by atoms with Crippen LogP contribution < -0.4 is 10.1 Å². The van der Waals surface area contributed by atoms with Gasteiger partial charge in [-0.2, -0.15) is 8.78 Å². The van der Waals surface area contributed by atoms with E-state index in [0.29, 0.717) is 36.9 Å². The van der Waals surface area contributed by atoms with Gasteiger partial charge in [0, 0.05) is 23.7 Å². The van der Waals surface area contributed by atoms with Gasteiger partial charge in [-0.15, -0.1) is 0 Å². The molecule has 0 saturated heterocycles. The van der Waals surface area contributed by atoms with Crippen LogP contribution in [0.5, 0.6) is 5.75 Å². The average Bonchev–Trinajstić information content (AvgIpc) is 2.40. The van der Waals surface area contributed by atoms with Gasteiger partial charge in [0.25, 0.3) is 0 Å². The molecule has 0 aliphatic heterocycles. The van der Waals surface area contributed by atoms with Crippen LogP contribution in [0.4, 0.5) is 8.78 Å². The normalized spacial score (nSPS) is 11.1. The van der Waals surface area contributed by atoms with Crippen LogP contribution in [0.2, 0.25) is 5.02 Å². The maximum absolute atomic E-state index is 12.2. The van der Waals surface area contributed by atoms with Gasteiger partial charge in [-0.1, -0.05) is 11.6 Å². The number of hydrogen-bond acceptors (Lipinski definition) is 4. The molecule has 114 valence electrons. The van der Waals surface area contributed by atoms with Crippen molar-refractivity contribution in [2.75, 3.05) is 26.4 Å². The van der Waals surface area contributed by atoms with E-state index in [-0.39, 0.29) is 12.4 Å². The van der Waals surface area contributed by atoms with Crippen LogP contribution in [-0.2, 0) is 11.3 Å². The van der Waals surface area contributed by atoms with Crippen molar-refractivity contribution >= 4 is 11.6 Å².